The van der Waals surface area contributed by atoms with Gasteiger partial charge in [-0.05, 0) is 87.2 Å². The first-order valence-corrected chi connectivity index (χ1v) is 26.6. The van der Waals surface area contributed by atoms with E-state index in [1.54, 1.807) is 18.4 Å². The predicted molar refractivity (Wildman–Crippen MR) is 276 cm³/mol. The summed E-state index contributed by atoms with van der Waals surface area (Å²) in [4.78, 5) is 79.2. The third-order valence-corrected chi connectivity index (χ3v) is 13.7. The van der Waals surface area contributed by atoms with Gasteiger partial charge in [-0.2, -0.15) is 0 Å². The number of benzene rings is 2. The number of carboxylic acid groups (broad SMARTS) is 1. The average molecular weight is 1060 g/mol. The van der Waals surface area contributed by atoms with Crippen LogP contribution in [0.3, 0.4) is 0 Å². The molecule has 3 aromatic rings. The maximum Gasteiger partial charge on any atom is 0.326 e. The number of carboxylic acids is 1. The van der Waals surface area contributed by atoms with E-state index in [1.165, 1.54) is 98.4 Å². The molecule has 2 heterocycles. The zero-order chi connectivity index (χ0) is 53.9. The highest BCUT2D eigenvalue weighted by Gasteiger charge is 2.49. The van der Waals surface area contributed by atoms with E-state index >= 15 is 4.39 Å². The number of nitrogens with two attached hydrogens (primary N) is 1. The van der Waals surface area contributed by atoms with Gasteiger partial charge in [0.15, 0.2) is 12.0 Å². The average Bonchev–Trinajstić information content (AvgIpc) is 4.01. The van der Waals surface area contributed by atoms with Crippen molar-refractivity contribution < 1.29 is 62.3 Å². The highest BCUT2D eigenvalue weighted by atomic mass is 32.1. The van der Waals surface area contributed by atoms with Crippen LogP contribution in [-0.2, 0) is 28.7 Å². The fraction of sp³-hybridized carbons (Fsp3) is 0.566. The second-order valence-corrected chi connectivity index (χ2v) is 19.8. The molecular weight excluding hydrogens is 981 g/mol. The molecule has 1 fully saturated rings. The molecule has 0 bridgehead atoms. The van der Waals surface area contributed by atoms with E-state index in [1.807, 2.05) is 0 Å². The minimum absolute atomic E-state index is 0.0572. The number of aliphatic carboxylic acids is 1. The number of carbonyl (C=O) groups excluding carboxylic acids is 5. The molecule has 2 aromatic carbocycles. The van der Waals surface area contributed by atoms with Crippen molar-refractivity contribution in [2.75, 3.05) is 32.8 Å². The first kappa shape index (κ1) is 60.5. The van der Waals surface area contributed by atoms with Gasteiger partial charge < -0.3 is 56.7 Å². The molecule has 4 atom stereocenters. The van der Waals surface area contributed by atoms with Gasteiger partial charge in [0.05, 0.1) is 32.3 Å². The van der Waals surface area contributed by atoms with Crippen molar-refractivity contribution >= 4 is 52.7 Å². The topological polar surface area (TPSA) is 283 Å². The number of nitrogens with one attached hydrogen (secondary N) is 5. The second kappa shape index (κ2) is 32.3. The summed E-state index contributed by atoms with van der Waals surface area (Å²) < 4.78 is 41.1. The van der Waals surface area contributed by atoms with Crippen LogP contribution >= 0.6 is 11.3 Å². The van der Waals surface area contributed by atoms with Gasteiger partial charge in [-0.3, -0.25) is 29.4 Å². The summed E-state index contributed by atoms with van der Waals surface area (Å²) >= 11 is 1.26. The maximum atomic E-state index is 16.6. The van der Waals surface area contributed by atoms with E-state index < -0.39 is 97.5 Å². The molecule has 5 amide bonds. The van der Waals surface area contributed by atoms with E-state index in [-0.39, 0.29) is 43.8 Å². The molecule has 1 aliphatic rings. The van der Waals surface area contributed by atoms with Crippen molar-refractivity contribution in [1.29, 1.82) is 5.41 Å². The number of nitrogen functional groups attached to an aromatic ring is 1. The highest BCUT2D eigenvalue weighted by molar-refractivity contribution is 7.10. The van der Waals surface area contributed by atoms with E-state index in [0.717, 1.165) is 49.8 Å². The summed E-state index contributed by atoms with van der Waals surface area (Å²) in [6, 6.07) is 9.86. The number of amides is 5. The van der Waals surface area contributed by atoms with Gasteiger partial charge >= 0.3 is 5.97 Å². The van der Waals surface area contributed by atoms with Crippen LogP contribution in [0, 0.1) is 11.2 Å². The lowest BCUT2D eigenvalue weighted by Gasteiger charge is -2.25. The second-order valence-electron chi connectivity index (χ2n) is 18.9. The zero-order valence-corrected chi connectivity index (χ0v) is 43.2. The molecule has 1 aliphatic heterocycles. The molecule has 10 N–H and O–H groups in total. The summed E-state index contributed by atoms with van der Waals surface area (Å²) in [7, 11) is 0. The molecule has 18 nitrogen and oxygen atoms in total. The molecular formula is C53H75F2N7O11S. The van der Waals surface area contributed by atoms with Gasteiger partial charge in [0.25, 0.3) is 5.91 Å². The lowest BCUT2D eigenvalue weighted by atomic mass is 10.0. The Bertz CT molecular complexity index is 2250. The first-order valence-electron chi connectivity index (χ1n) is 25.7. The number of aliphatic hydroxyl groups excluding tert-OH is 1. The molecule has 0 unspecified atom stereocenters. The molecule has 408 valence electrons. The van der Waals surface area contributed by atoms with Crippen molar-refractivity contribution in [3.05, 3.63) is 81.8 Å². The monoisotopic (exact) mass is 1060 g/mol. The molecule has 1 saturated heterocycles. The van der Waals surface area contributed by atoms with Gasteiger partial charge in [0, 0.05) is 47.2 Å². The van der Waals surface area contributed by atoms with E-state index in [0.29, 0.717) is 34.8 Å². The number of unbranched alkanes of at least 4 members (excludes halogenated alkanes) is 13. The fourth-order valence-electron chi connectivity index (χ4n) is 8.45. The van der Waals surface area contributed by atoms with Crippen LogP contribution in [0.1, 0.15) is 156 Å². The van der Waals surface area contributed by atoms with Crippen molar-refractivity contribution in [2.24, 2.45) is 5.73 Å². The third-order valence-electron chi connectivity index (χ3n) is 12.6. The van der Waals surface area contributed by atoms with Crippen LogP contribution in [0.4, 0.5) is 8.78 Å². The van der Waals surface area contributed by atoms with Crippen molar-refractivity contribution in [1.82, 2.24) is 26.2 Å². The smallest absolute Gasteiger partial charge is 0.326 e. The van der Waals surface area contributed by atoms with Crippen LogP contribution in [0.15, 0.2) is 60.0 Å². The van der Waals surface area contributed by atoms with Crippen molar-refractivity contribution in [3.8, 4) is 11.5 Å². The Kier molecular flexibility index (Phi) is 26.4. The van der Waals surface area contributed by atoms with E-state index in [9.17, 15) is 38.3 Å². The summed E-state index contributed by atoms with van der Waals surface area (Å²) in [6.45, 7) is -0.177. The number of ether oxygens (including phenoxy) is 2. The Balaban J connectivity index is 1.15. The Labute approximate surface area is 436 Å². The molecule has 0 saturated carbocycles. The Morgan fingerprint density at radius 1 is 0.797 bits per heavy atom. The van der Waals surface area contributed by atoms with Crippen LogP contribution in [0.5, 0.6) is 11.5 Å². The molecule has 1 aromatic heterocycles. The lowest BCUT2D eigenvalue weighted by Crippen LogP contribution is -2.49. The number of nitrogens with zero attached hydrogens (tertiary/aromatic N) is 1. The first-order chi connectivity index (χ1) is 35.4. The molecule has 0 spiro atoms. The van der Waals surface area contributed by atoms with Crippen LogP contribution in [-0.4, -0.2) is 118 Å². The number of amidine groups is 1. The highest BCUT2D eigenvalue weighted by Crippen LogP contribution is 2.33. The van der Waals surface area contributed by atoms with Crippen molar-refractivity contribution in [2.45, 2.75) is 159 Å². The minimum atomic E-state index is -2.20. The quantitative estimate of drug-likeness (QED) is 0.0124. The van der Waals surface area contributed by atoms with Crippen LogP contribution in [0.2, 0.25) is 0 Å². The number of likely N-dealkylation sites (tertiary alicyclic amines) is 1. The van der Waals surface area contributed by atoms with Crippen LogP contribution < -0.4 is 31.7 Å². The number of alkyl halides is 1. The van der Waals surface area contributed by atoms with Crippen molar-refractivity contribution in [3.63, 3.8) is 0 Å². The van der Waals surface area contributed by atoms with E-state index in [2.05, 4.69) is 21.3 Å². The molecule has 21 heteroatoms. The van der Waals surface area contributed by atoms with E-state index in [4.69, 9.17) is 30.8 Å². The van der Waals surface area contributed by atoms with Gasteiger partial charge in [-0.15, -0.1) is 11.3 Å². The fourth-order valence-corrected chi connectivity index (χ4v) is 9.37. The summed E-state index contributed by atoms with van der Waals surface area (Å²) in [5, 5.41) is 47.3. The Hall–Kier alpha value is -6.03. The standard InChI is InChI=1S/C53H75F2N7O11S/c1-36(44-30-38(33-74-44)49(56)57)60-51(69)43-31-53(55,34-62(43)47(65)32-59-50(68)37-18-22-40(23-19-37)73-41-24-20-39(54)21-25-41)35-72-29-28-58-45(63)27-26-42(52(70)71)61-46(64)16-14-12-10-8-6-4-2-3-5-7-9-11-13-15-17-48(66)67/h18-25,30,33,36,42-43,48,66-67H,2-17,26-29,31-32,34-35H2,1H3,(H3,56,57)(H,58,63)(H,59,68)(H,60,69)(H,61,64)(H,70,71)/t36-,42+,43+,53-/m1/s1. The molecule has 4 rings (SSSR count). The van der Waals surface area contributed by atoms with Gasteiger partial charge in [0.2, 0.25) is 23.6 Å². The Morgan fingerprint density at radius 2 is 1.38 bits per heavy atom. The number of halogens is 2. The number of rotatable bonds is 36. The van der Waals surface area contributed by atoms with Gasteiger partial charge in [-0.1, -0.05) is 77.0 Å². The maximum absolute atomic E-state index is 16.6. The third kappa shape index (κ3) is 22.6. The lowest BCUT2D eigenvalue weighted by molar-refractivity contribution is -0.142. The SMILES string of the molecule is C[C@@H](NC(=O)[C@@H]1C[C@](F)(COCCNC(=O)CC[C@H](NC(=O)CCCCCCCCCCCCCCCCC(O)O)C(=O)O)CN1C(=O)CNC(=O)c1ccc(Oc2ccc(F)cc2)cc1)c1cc(C(=N)N)cs1. The summed E-state index contributed by atoms with van der Waals surface area (Å²) in [5.74, 6) is -3.99. The summed E-state index contributed by atoms with van der Waals surface area (Å²) in [6.07, 6.45) is 13.5. The van der Waals surface area contributed by atoms with Crippen LogP contribution in [0.25, 0.3) is 0 Å². The largest absolute Gasteiger partial charge is 0.480 e. The normalized spacial score (nSPS) is 16.1. The predicted octanol–water partition coefficient (Wildman–Crippen LogP) is 6.91. The number of thiophene rings is 1. The zero-order valence-electron chi connectivity index (χ0n) is 42.3. The number of hydrogen-bond donors (Lipinski definition) is 9. The molecule has 0 aliphatic carbocycles. The Morgan fingerprint density at radius 3 is 1.95 bits per heavy atom. The molecule has 0 radical (unpaired) electrons. The number of carbonyl (C=O) groups is 6. The van der Waals surface area contributed by atoms with Gasteiger partial charge in [0.1, 0.15) is 35.2 Å². The molecule has 74 heavy (non-hydrogen) atoms. The minimum Gasteiger partial charge on any atom is -0.480 e. The summed E-state index contributed by atoms with van der Waals surface area (Å²) in [5.41, 5.74) is 4.05. The number of aliphatic hydroxyl groups is 2. The number of hydrogen-bond acceptors (Lipinski definition) is 12. The van der Waals surface area contributed by atoms with Gasteiger partial charge in [-0.25, -0.2) is 13.6 Å².